The summed E-state index contributed by atoms with van der Waals surface area (Å²) in [6, 6.07) is 6.85. The van der Waals surface area contributed by atoms with Crippen LogP contribution in [0, 0.1) is 5.92 Å². The first-order valence-electron chi connectivity index (χ1n) is 13.7. The maximum absolute atomic E-state index is 13.7. The van der Waals surface area contributed by atoms with Crippen molar-refractivity contribution < 1.29 is 29.3 Å². The number of morpholine rings is 1. The number of rotatable bonds is 9. The molecule has 2 fully saturated rings. The van der Waals surface area contributed by atoms with Gasteiger partial charge in [0.05, 0.1) is 31.8 Å². The van der Waals surface area contributed by atoms with Crippen LogP contribution in [-0.4, -0.2) is 103 Å². The summed E-state index contributed by atoms with van der Waals surface area (Å²) >= 11 is 0. The van der Waals surface area contributed by atoms with Gasteiger partial charge in [-0.2, -0.15) is 0 Å². The van der Waals surface area contributed by atoms with Gasteiger partial charge in [-0.05, 0) is 30.9 Å². The van der Waals surface area contributed by atoms with E-state index in [1.165, 1.54) is 0 Å². The van der Waals surface area contributed by atoms with Crippen LogP contribution in [-0.2, 0) is 14.3 Å². The van der Waals surface area contributed by atoms with Gasteiger partial charge in [0.1, 0.15) is 18.0 Å². The molecule has 1 aromatic carbocycles. The molecule has 4 unspecified atom stereocenters. The van der Waals surface area contributed by atoms with Crippen LogP contribution in [0.2, 0.25) is 0 Å². The first-order chi connectivity index (χ1) is 18.1. The second-order valence-electron chi connectivity index (χ2n) is 10.6. The molecule has 2 aliphatic carbocycles. The normalized spacial score (nSPS) is 27.7. The largest absolute Gasteiger partial charge is 0.486 e. The van der Waals surface area contributed by atoms with E-state index >= 15 is 0 Å². The van der Waals surface area contributed by atoms with Crippen molar-refractivity contribution in [3.8, 4) is 5.75 Å². The number of para-hydroxylation sites is 1. The van der Waals surface area contributed by atoms with Crippen molar-refractivity contribution in [2.75, 3.05) is 52.5 Å². The summed E-state index contributed by atoms with van der Waals surface area (Å²) < 4.78 is 11.7. The molecule has 1 saturated carbocycles. The van der Waals surface area contributed by atoms with E-state index in [-0.39, 0.29) is 25.0 Å². The Morgan fingerprint density at radius 1 is 1.14 bits per heavy atom. The highest BCUT2D eigenvalue weighted by Crippen LogP contribution is 2.47. The Morgan fingerprint density at radius 2 is 1.89 bits per heavy atom. The first kappa shape index (κ1) is 26.2. The number of ether oxygens (including phenoxy) is 2. The van der Waals surface area contributed by atoms with Gasteiger partial charge in [0.25, 0.3) is 0 Å². The minimum Gasteiger partial charge on any atom is -0.486 e. The molecule has 202 valence electrons. The number of carbonyl (C=O) groups excluding carboxylic acids is 2. The van der Waals surface area contributed by atoms with Crippen molar-refractivity contribution in [1.29, 1.82) is 0 Å². The number of aliphatic hydroxyl groups is 2. The van der Waals surface area contributed by atoms with Crippen LogP contribution in [0.25, 0.3) is 0 Å². The Morgan fingerprint density at radius 3 is 2.65 bits per heavy atom. The number of nitrogens with zero attached hydrogens (tertiary/aromatic N) is 2. The third-order valence-electron chi connectivity index (χ3n) is 8.26. The lowest BCUT2D eigenvalue weighted by atomic mass is 9.77. The molecule has 1 aromatic rings. The maximum Gasteiger partial charge on any atom is 0.247 e. The van der Waals surface area contributed by atoms with Gasteiger partial charge in [-0.3, -0.25) is 14.5 Å². The van der Waals surface area contributed by atoms with Crippen molar-refractivity contribution in [3.63, 3.8) is 0 Å². The lowest BCUT2D eigenvalue weighted by Crippen LogP contribution is -2.57. The van der Waals surface area contributed by atoms with E-state index in [0.717, 1.165) is 44.3 Å². The molecule has 4 aliphatic rings. The first-order valence-corrected chi connectivity index (χ1v) is 13.7. The zero-order valence-electron chi connectivity index (χ0n) is 21.4. The van der Waals surface area contributed by atoms with E-state index in [1.54, 1.807) is 11.0 Å². The summed E-state index contributed by atoms with van der Waals surface area (Å²) in [7, 11) is 0. The molecule has 5 rings (SSSR count). The van der Waals surface area contributed by atoms with E-state index in [2.05, 4.69) is 10.2 Å². The zero-order chi connectivity index (χ0) is 25.8. The van der Waals surface area contributed by atoms with Crippen molar-refractivity contribution in [2.24, 2.45) is 5.92 Å². The smallest absolute Gasteiger partial charge is 0.247 e. The van der Waals surface area contributed by atoms with Gasteiger partial charge in [-0.15, -0.1) is 0 Å². The molecule has 2 heterocycles. The van der Waals surface area contributed by atoms with Crippen molar-refractivity contribution in [3.05, 3.63) is 41.5 Å². The number of hydrogen-bond acceptors (Lipinski definition) is 7. The Balaban J connectivity index is 1.45. The molecular formula is C28H39N3O6. The van der Waals surface area contributed by atoms with Crippen LogP contribution in [0.15, 0.2) is 35.9 Å². The average molecular weight is 514 g/mol. The van der Waals surface area contributed by atoms with Gasteiger partial charge in [-0.25, -0.2) is 0 Å². The molecule has 2 aliphatic heterocycles. The van der Waals surface area contributed by atoms with Gasteiger partial charge >= 0.3 is 0 Å². The predicted molar refractivity (Wildman–Crippen MR) is 137 cm³/mol. The molecule has 4 atom stereocenters. The van der Waals surface area contributed by atoms with Crippen LogP contribution in [0.1, 0.15) is 43.6 Å². The molecule has 0 aromatic heterocycles. The Hall–Kier alpha value is -2.46. The third kappa shape index (κ3) is 5.70. The highest BCUT2D eigenvalue weighted by Gasteiger charge is 2.50. The number of benzene rings is 1. The monoisotopic (exact) mass is 513 g/mol. The zero-order valence-corrected chi connectivity index (χ0v) is 21.4. The summed E-state index contributed by atoms with van der Waals surface area (Å²) in [4.78, 5) is 31.1. The van der Waals surface area contributed by atoms with Crippen molar-refractivity contribution in [1.82, 2.24) is 15.1 Å². The number of nitrogens with one attached hydrogen (secondary N) is 1. The molecule has 3 N–H and O–H groups in total. The van der Waals surface area contributed by atoms with Crippen LogP contribution >= 0.6 is 0 Å². The predicted octanol–water partition coefficient (Wildman–Crippen LogP) is 1.05. The lowest BCUT2D eigenvalue weighted by molar-refractivity contribution is -0.138. The fourth-order valence-corrected chi connectivity index (χ4v) is 6.28. The molecule has 37 heavy (non-hydrogen) atoms. The maximum atomic E-state index is 13.7. The minimum absolute atomic E-state index is 0.0181. The van der Waals surface area contributed by atoms with Crippen molar-refractivity contribution in [2.45, 2.75) is 56.3 Å². The summed E-state index contributed by atoms with van der Waals surface area (Å²) in [5.41, 5.74) is 1.33. The van der Waals surface area contributed by atoms with Crippen LogP contribution in [0.3, 0.4) is 0 Å². The van der Waals surface area contributed by atoms with Gasteiger partial charge in [0, 0.05) is 50.3 Å². The van der Waals surface area contributed by atoms with Crippen LogP contribution in [0.5, 0.6) is 5.75 Å². The molecular weight excluding hydrogens is 474 g/mol. The second-order valence-corrected chi connectivity index (χ2v) is 10.6. The number of carbonyl (C=O) groups is 2. The molecule has 2 amide bonds. The highest BCUT2D eigenvalue weighted by molar-refractivity contribution is 5.96. The van der Waals surface area contributed by atoms with Crippen LogP contribution < -0.4 is 10.1 Å². The molecule has 0 radical (unpaired) electrons. The van der Waals surface area contributed by atoms with E-state index < -0.39 is 24.2 Å². The summed E-state index contributed by atoms with van der Waals surface area (Å²) in [6.07, 6.45) is 5.01. The Bertz CT molecular complexity index is 988. The van der Waals surface area contributed by atoms with Gasteiger partial charge in [0.15, 0.2) is 0 Å². The third-order valence-corrected chi connectivity index (χ3v) is 8.26. The van der Waals surface area contributed by atoms with E-state index in [9.17, 15) is 19.8 Å². The minimum atomic E-state index is -0.982. The number of fused-ring (bicyclic) bond motifs is 3. The fraction of sp³-hybridized carbons (Fsp3) is 0.643. The van der Waals surface area contributed by atoms with Gasteiger partial charge in [-0.1, -0.05) is 31.0 Å². The molecule has 0 spiro atoms. The number of amides is 2. The molecule has 9 nitrogen and oxygen atoms in total. The van der Waals surface area contributed by atoms with Crippen molar-refractivity contribution >= 4 is 11.8 Å². The summed E-state index contributed by atoms with van der Waals surface area (Å²) in [5, 5.41) is 23.7. The topological polar surface area (TPSA) is 112 Å². The number of aliphatic hydroxyl groups excluding tert-OH is 2. The fourth-order valence-electron chi connectivity index (χ4n) is 6.28. The summed E-state index contributed by atoms with van der Waals surface area (Å²) in [5.74, 6) is 0.291. The molecule has 1 saturated heterocycles. The number of hydrogen-bond donors (Lipinski definition) is 3. The molecule has 0 bridgehead atoms. The summed E-state index contributed by atoms with van der Waals surface area (Å²) in [6.45, 7) is 4.07. The standard InChI is InChI=1S/C28H39N3O6/c32-14-9-29-28(35)21-18-22(26(34)27-25(21)20-7-3-4-8-23(20)37-27)31(11-10-30-12-15-36-16-13-30)24(33)17-19-5-1-2-6-19/h3-4,7-8,18-19,22,25-27,32,34H,1-2,5-6,9-17H2,(H,29,35). The average Bonchev–Trinajstić information content (AvgIpc) is 3.57. The Kier molecular flexibility index (Phi) is 8.44. The van der Waals surface area contributed by atoms with E-state index in [0.29, 0.717) is 50.0 Å². The van der Waals surface area contributed by atoms with Gasteiger partial charge < -0.3 is 29.9 Å². The van der Waals surface area contributed by atoms with Gasteiger partial charge in [0.2, 0.25) is 11.8 Å². The quantitative estimate of drug-likeness (QED) is 0.453. The highest BCUT2D eigenvalue weighted by atomic mass is 16.5. The van der Waals surface area contributed by atoms with E-state index in [1.807, 2.05) is 24.3 Å². The lowest BCUT2D eigenvalue weighted by Gasteiger charge is -2.42. The second kappa shape index (κ2) is 11.9. The van der Waals surface area contributed by atoms with Crippen LogP contribution in [0.4, 0.5) is 0 Å². The Labute approximate surface area is 218 Å². The van der Waals surface area contributed by atoms with E-state index in [4.69, 9.17) is 9.47 Å². The molecule has 9 heteroatoms. The SMILES string of the molecule is O=C(NCCO)C1=CC(N(CCN2CCOCC2)C(=O)CC2CCCC2)C(O)C2Oc3ccccc3C12.